The SMILES string of the molecule is C/C=C(/C)c1ccccc1N1C(=O)c2ccccc2C1=O. The summed E-state index contributed by atoms with van der Waals surface area (Å²) in [5, 5.41) is 0. The fourth-order valence-corrected chi connectivity index (χ4v) is 2.57. The summed E-state index contributed by atoms with van der Waals surface area (Å²) in [6.45, 7) is 3.91. The summed E-state index contributed by atoms with van der Waals surface area (Å²) in [5.74, 6) is -0.515. The topological polar surface area (TPSA) is 37.4 Å². The van der Waals surface area contributed by atoms with Gasteiger partial charge in [0, 0.05) is 5.56 Å². The van der Waals surface area contributed by atoms with Gasteiger partial charge in [0.25, 0.3) is 11.8 Å². The number of benzene rings is 2. The number of nitrogens with zero attached hydrogens (tertiary/aromatic N) is 1. The average Bonchev–Trinajstić information content (AvgIpc) is 2.78. The molecule has 2 amide bonds. The molecule has 2 aromatic rings. The molecular formula is C18H15NO2. The van der Waals surface area contributed by atoms with Crippen LogP contribution in [0.1, 0.15) is 40.1 Å². The first-order valence-electron chi connectivity index (χ1n) is 6.85. The Kier molecular flexibility index (Phi) is 3.18. The minimum Gasteiger partial charge on any atom is -0.268 e. The standard InChI is InChI=1S/C18H15NO2/c1-3-12(2)13-8-6-7-11-16(13)19-17(20)14-9-4-5-10-15(14)18(19)21/h3-11H,1-2H3/b12-3-. The van der Waals surface area contributed by atoms with E-state index in [0.717, 1.165) is 11.1 Å². The predicted molar refractivity (Wildman–Crippen MR) is 83.3 cm³/mol. The van der Waals surface area contributed by atoms with E-state index < -0.39 is 0 Å². The Labute approximate surface area is 123 Å². The van der Waals surface area contributed by atoms with E-state index in [0.29, 0.717) is 16.8 Å². The number of carbonyl (C=O) groups is 2. The summed E-state index contributed by atoms with van der Waals surface area (Å²) in [6, 6.07) is 14.4. The third kappa shape index (κ3) is 1.98. The number of anilines is 1. The molecule has 0 atom stereocenters. The van der Waals surface area contributed by atoms with E-state index in [1.165, 1.54) is 4.90 Å². The van der Waals surface area contributed by atoms with Gasteiger partial charge in [-0.05, 0) is 37.6 Å². The molecule has 0 saturated carbocycles. The molecule has 21 heavy (non-hydrogen) atoms. The molecule has 0 spiro atoms. The molecule has 0 saturated heterocycles. The third-order valence-electron chi connectivity index (χ3n) is 3.80. The number of carbonyl (C=O) groups excluding carboxylic acids is 2. The van der Waals surface area contributed by atoms with Crippen molar-refractivity contribution in [1.29, 1.82) is 0 Å². The summed E-state index contributed by atoms with van der Waals surface area (Å²) in [7, 11) is 0. The lowest BCUT2D eigenvalue weighted by Crippen LogP contribution is -2.30. The van der Waals surface area contributed by atoms with Gasteiger partial charge in [-0.15, -0.1) is 0 Å². The first kappa shape index (κ1) is 13.3. The zero-order valence-electron chi connectivity index (χ0n) is 12.0. The van der Waals surface area contributed by atoms with E-state index >= 15 is 0 Å². The number of hydrogen-bond donors (Lipinski definition) is 0. The Bertz CT molecular complexity index is 739. The van der Waals surface area contributed by atoms with Crippen LogP contribution in [-0.4, -0.2) is 11.8 Å². The molecule has 3 heteroatoms. The molecule has 0 radical (unpaired) electrons. The lowest BCUT2D eigenvalue weighted by molar-refractivity contribution is 0.0926. The van der Waals surface area contributed by atoms with Crippen LogP contribution >= 0.6 is 0 Å². The van der Waals surface area contributed by atoms with E-state index in [-0.39, 0.29) is 11.8 Å². The van der Waals surface area contributed by atoms with Gasteiger partial charge >= 0.3 is 0 Å². The van der Waals surface area contributed by atoms with Crippen molar-refractivity contribution in [2.24, 2.45) is 0 Å². The second-order valence-corrected chi connectivity index (χ2v) is 4.98. The van der Waals surface area contributed by atoms with Gasteiger partial charge in [0.15, 0.2) is 0 Å². The fraction of sp³-hybridized carbons (Fsp3) is 0.111. The van der Waals surface area contributed by atoms with E-state index in [2.05, 4.69) is 0 Å². The normalized spacial score (nSPS) is 14.6. The maximum atomic E-state index is 12.6. The van der Waals surface area contributed by atoms with Gasteiger partial charge in [-0.25, -0.2) is 4.90 Å². The third-order valence-corrected chi connectivity index (χ3v) is 3.80. The number of amides is 2. The van der Waals surface area contributed by atoms with Gasteiger partial charge in [0.05, 0.1) is 16.8 Å². The first-order chi connectivity index (χ1) is 10.1. The smallest absolute Gasteiger partial charge is 0.266 e. The molecule has 0 fully saturated rings. The second-order valence-electron chi connectivity index (χ2n) is 4.98. The van der Waals surface area contributed by atoms with Crippen molar-refractivity contribution in [2.45, 2.75) is 13.8 Å². The Morgan fingerprint density at radius 2 is 1.43 bits per heavy atom. The number of fused-ring (bicyclic) bond motifs is 1. The Morgan fingerprint density at radius 1 is 0.905 bits per heavy atom. The van der Waals surface area contributed by atoms with Crippen molar-refractivity contribution in [1.82, 2.24) is 0 Å². The molecule has 0 aromatic heterocycles. The van der Waals surface area contributed by atoms with E-state index in [1.807, 2.05) is 44.2 Å². The number of rotatable bonds is 2. The average molecular weight is 277 g/mol. The van der Waals surface area contributed by atoms with E-state index in [1.54, 1.807) is 24.3 Å². The van der Waals surface area contributed by atoms with Crippen LogP contribution < -0.4 is 4.90 Å². The molecule has 104 valence electrons. The van der Waals surface area contributed by atoms with Gasteiger partial charge in [-0.2, -0.15) is 0 Å². The lowest BCUT2D eigenvalue weighted by atomic mass is 10.0. The summed E-state index contributed by atoms with van der Waals surface area (Å²) in [5.41, 5.74) is 3.50. The highest BCUT2D eigenvalue weighted by atomic mass is 16.2. The van der Waals surface area contributed by atoms with E-state index in [9.17, 15) is 9.59 Å². The maximum absolute atomic E-state index is 12.6. The van der Waals surface area contributed by atoms with Gasteiger partial charge in [0.1, 0.15) is 0 Å². The Morgan fingerprint density at radius 3 is 2.00 bits per heavy atom. The highest BCUT2D eigenvalue weighted by molar-refractivity contribution is 6.34. The first-order valence-corrected chi connectivity index (χ1v) is 6.85. The van der Waals surface area contributed by atoms with Crippen LogP contribution in [0, 0.1) is 0 Å². The molecule has 1 aliphatic rings. The largest absolute Gasteiger partial charge is 0.268 e. The zero-order chi connectivity index (χ0) is 15.0. The monoisotopic (exact) mass is 277 g/mol. The van der Waals surface area contributed by atoms with Crippen molar-refractivity contribution in [3.8, 4) is 0 Å². The summed E-state index contributed by atoms with van der Waals surface area (Å²) >= 11 is 0. The van der Waals surface area contributed by atoms with Gasteiger partial charge < -0.3 is 0 Å². The van der Waals surface area contributed by atoms with Crippen LogP contribution in [0.15, 0.2) is 54.6 Å². The van der Waals surface area contributed by atoms with Crippen LogP contribution in [0.2, 0.25) is 0 Å². The van der Waals surface area contributed by atoms with Crippen molar-refractivity contribution in [3.63, 3.8) is 0 Å². The molecule has 0 aliphatic carbocycles. The number of allylic oxidation sites excluding steroid dienone is 2. The summed E-state index contributed by atoms with van der Waals surface area (Å²) in [4.78, 5) is 26.4. The van der Waals surface area contributed by atoms with Gasteiger partial charge in [-0.1, -0.05) is 36.4 Å². The van der Waals surface area contributed by atoms with Crippen LogP contribution in [-0.2, 0) is 0 Å². The van der Waals surface area contributed by atoms with Gasteiger partial charge in [-0.3, -0.25) is 9.59 Å². The molecule has 3 rings (SSSR count). The van der Waals surface area contributed by atoms with Crippen LogP contribution in [0.3, 0.4) is 0 Å². The fourth-order valence-electron chi connectivity index (χ4n) is 2.57. The Balaban J connectivity index is 2.16. The number of hydrogen-bond acceptors (Lipinski definition) is 2. The maximum Gasteiger partial charge on any atom is 0.266 e. The minimum absolute atomic E-state index is 0.257. The molecule has 0 N–H and O–H groups in total. The van der Waals surface area contributed by atoms with E-state index in [4.69, 9.17) is 0 Å². The van der Waals surface area contributed by atoms with Crippen LogP contribution in [0.5, 0.6) is 0 Å². The number of imide groups is 1. The molecule has 2 aromatic carbocycles. The van der Waals surface area contributed by atoms with Crippen molar-refractivity contribution >= 4 is 23.1 Å². The number of para-hydroxylation sites is 1. The molecule has 0 bridgehead atoms. The summed E-state index contributed by atoms with van der Waals surface area (Å²) in [6.07, 6.45) is 1.97. The highest BCUT2D eigenvalue weighted by Crippen LogP contribution is 2.33. The summed E-state index contributed by atoms with van der Waals surface area (Å²) < 4.78 is 0. The molecule has 0 unspecified atom stereocenters. The molecule has 3 nitrogen and oxygen atoms in total. The lowest BCUT2D eigenvalue weighted by Gasteiger charge is -2.18. The van der Waals surface area contributed by atoms with Crippen molar-refractivity contribution < 1.29 is 9.59 Å². The van der Waals surface area contributed by atoms with Gasteiger partial charge in [0.2, 0.25) is 0 Å². The van der Waals surface area contributed by atoms with Crippen LogP contribution in [0.25, 0.3) is 5.57 Å². The molecule has 1 heterocycles. The quantitative estimate of drug-likeness (QED) is 0.780. The van der Waals surface area contributed by atoms with Crippen molar-refractivity contribution in [3.05, 3.63) is 71.3 Å². The predicted octanol–water partition coefficient (Wildman–Crippen LogP) is 3.91. The zero-order valence-corrected chi connectivity index (χ0v) is 12.0. The second kappa shape index (κ2) is 5.02. The molecular weight excluding hydrogens is 262 g/mol. The Hall–Kier alpha value is -2.68. The highest BCUT2D eigenvalue weighted by Gasteiger charge is 2.37. The van der Waals surface area contributed by atoms with Crippen LogP contribution in [0.4, 0.5) is 5.69 Å². The molecule has 1 aliphatic heterocycles. The minimum atomic E-state index is -0.257. The van der Waals surface area contributed by atoms with Crippen molar-refractivity contribution in [2.75, 3.05) is 4.90 Å².